The Kier molecular flexibility index (Phi) is 11.6. The molecule has 0 atom stereocenters. The molecular weight excluding hydrogens is 469 g/mol. The fraction of sp³-hybridized carbons (Fsp3) is 0.667. The van der Waals surface area contributed by atoms with Crippen molar-refractivity contribution in [2.75, 3.05) is 45.8 Å². The average Bonchev–Trinajstić information content (AvgIpc) is 3.15. The first kappa shape index (κ1) is 24.8. The third-order valence-electron chi connectivity index (χ3n) is 5.23. The summed E-state index contributed by atoms with van der Waals surface area (Å²) in [7, 11) is 3.44. The lowest BCUT2D eigenvalue weighted by molar-refractivity contribution is 0.105. The highest BCUT2D eigenvalue weighted by molar-refractivity contribution is 14.0. The Hall–Kier alpha value is -1.22. The third kappa shape index (κ3) is 7.31. The van der Waals surface area contributed by atoms with Gasteiger partial charge in [0.05, 0.1) is 13.7 Å². The summed E-state index contributed by atoms with van der Waals surface area (Å²) in [6.07, 6.45) is 6.20. The van der Waals surface area contributed by atoms with Gasteiger partial charge in [-0.05, 0) is 50.7 Å². The zero-order valence-electron chi connectivity index (χ0n) is 17.7. The quantitative estimate of drug-likeness (QED) is 0.209. The number of anilines is 1. The number of rotatable bonds is 10. The molecule has 0 unspecified atom stereocenters. The van der Waals surface area contributed by atoms with Gasteiger partial charge in [-0.1, -0.05) is 12.8 Å². The summed E-state index contributed by atoms with van der Waals surface area (Å²) in [4.78, 5) is 4.38. The monoisotopic (exact) mass is 505 g/mol. The molecule has 0 amide bonds. The second-order valence-electron chi connectivity index (χ2n) is 7.00. The summed E-state index contributed by atoms with van der Waals surface area (Å²) in [5.41, 5.74) is 1.22. The van der Waals surface area contributed by atoms with Crippen LogP contribution in [-0.4, -0.2) is 46.5 Å². The van der Waals surface area contributed by atoms with Gasteiger partial charge >= 0.3 is 0 Å². The van der Waals surface area contributed by atoms with Crippen LogP contribution in [0.3, 0.4) is 0 Å². The molecular formula is C21H36IN3O3. The van der Waals surface area contributed by atoms with Crippen LogP contribution >= 0.6 is 24.0 Å². The summed E-state index contributed by atoms with van der Waals surface area (Å²) in [6.45, 7) is 7.15. The van der Waals surface area contributed by atoms with Crippen LogP contribution in [0.2, 0.25) is 0 Å². The average molecular weight is 505 g/mol. The molecule has 2 N–H and O–H groups in total. The largest absolute Gasteiger partial charge is 0.493 e. The number of halogens is 1. The number of hydrogen-bond acceptors (Lipinski definition) is 4. The van der Waals surface area contributed by atoms with Gasteiger partial charge in [-0.25, -0.2) is 0 Å². The Bertz CT molecular complexity index is 605. The van der Waals surface area contributed by atoms with Crippen LogP contribution in [0.5, 0.6) is 11.5 Å². The minimum absolute atomic E-state index is 0. The molecule has 0 bridgehead atoms. The second kappa shape index (κ2) is 13.1. The smallest absolute Gasteiger partial charge is 0.195 e. The van der Waals surface area contributed by atoms with Gasteiger partial charge < -0.3 is 24.8 Å². The molecule has 0 radical (unpaired) electrons. The summed E-state index contributed by atoms with van der Waals surface area (Å²) in [5, 5.41) is 6.87. The number of nitrogens with zero attached hydrogens (tertiary/aromatic N) is 1. The number of nitrogens with one attached hydrogen (secondary N) is 2. The molecule has 0 saturated heterocycles. The number of hydrogen-bond donors (Lipinski definition) is 2. The van der Waals surface area contributed by atoms with Gasteiger partial charge in [-0.3, -0.25) is 4.99 Å². The molecule has 1 fully saturated rings. The van der Waals surface area contributed by atoms with Crippen LogP contribution in [0, 0.1) is 5.41 Å². The number of guanidine groups is 1. The van der Waals surface area contributed by atoms with E-state index < -0.39 is 0 Å². The van der Waals surface area contributed by atoms with Crippen molar-refractivity contribution in [1.82, 2.24) is 5.32 Å². The highest BCUT2D eigenvalue weighted by atomic mass is 127. The van der Waals surface area contributed by atoms with Crippen LogP contribution < -0.4 is 20.1 Å². The van der Waals surface area contributed by atoms with E-state index in [9.17, 15) is 0 Å². The van der Waals surface area contributed by atoms with Crippen LogP contribution in [0.25, 0.3) is 0 Å². The summed E-state index contributed by atoms with van der Waals surface area (Å²) >= 11 is 0. The van der Waals surface area contributed by atoms with Gasteiger partial charge in [0.2, 0.25) is 0 Å². The topological polar surface area (TPSA) is 64.1 Å². The zero-order chi connectivity index (χ0) is 19.5. The first-order chi connectivity index (χ1) is 13.2. The summed E-state index contributed by atoms with van der Waals surface area (Å²) < 4.78 is 16.6. The lowest BCUT2D eigenvalue weighted by Gasteiger charge is -2.30. The van der Waals surface area contributed by atoms with Crippen molar-refractivity contribution < 1.29 is 14.2 Å². The van der Waals surface area contributed by atoms with E-state index in [1.807, 2.05) is 25.1 Å². The molecule has 28 heavy (non-hydrogen) atoms. The fourth-order valence-corrected chi connectivity index (χ4v) is 3.68. The van der Waals surface area contributed by atoms with Crippen molar-refractivity contribution in [3.05, 3.63) is 18.2 Å². The van der Waals surface area contributed by atoms with Gasteiger partial charge in [0.1, 0.15) is 0 Å². The Labute approximate surface area is 186 Å². The third-order valence-corrected chi connectivity index (χ3v) is 5.23. The normalized spacial score (nSPS) is 15.6. The molecule has 2 rings (SSSR count). The molecule has 0 spiro atoms. The van der Waals surface area contributed by atoms with Crippen LogP contribution in [0.4, 0.5) is 5.69 Å². The van der Waals surface area contributed by atoms with Crippen molar-refractivity contribution in [1.29, 1.82) is 0 Å². The van der Waals surface area contributed by atoms with E-state index >= 15 is 0 Å². The molecule has 1 saturated carbocycles. The van der Waals surface area contributed by atoms with Gasteiger partial charge in [0, 0.05) is 38.6 Å². The standard InChI is InChI=1S/C21H35N3O3.HI/c1-5-26-14-13-21(11-7-8-12-21)16-23-20(22-3)24-17-9-10-18(27-6-2)19(15-17)25-4;/h9-10,15H,5-8,11-14,16H2,1-4H3,(H2,22,23,24);1H. The van der Waals surface area contributed by atoms with Crippen LogP contribution in [0.1, 0.15) is 46.0 Å². The van der Waals surface area contributed by atoms with Gasteiger partial charge in [-0.15, -0.1) is 24.0 Å². The molecule has 0 heterocycles. The van der Waals surface area contributed by atoms with E-state index in [0.717, 1.165) is 43.6 Å². The lowest BCUT2D eigenvalue weighted by atomic mass is 9.83. The van der Waals surface area contributed by atoms with E-state index in [-0.39, 0.29) is 24.0 Å². The van der Waals surface area contributed by atoms with Gasteiger partial charge in [0.15, 0.2) is 17.5 Å². The summed E-state index contributed by atoms with van der Waals surface area (Å²) in [6, 6.07) is 5.82. The van der Waals surface area contributed by atoms with Gasteiger partial charge in [-0.2, -0.15) is 0 Å². The molecule has 6 nitrogen and oxygen atoms in total. The highest BCUT2D eigenvalue weighted by Gasteiger charge is 2.33. The number of aliphatic imine (C=N–C) groups is 1. The Morgan fingerprint density at radius 3 is 2.50 bits per heavy atom. The molecule has 0 aliphatic heterocycles. The molecule has 7 heteroatoms. The van der Waals surface area contributed by atoms with E-state index in [4.69, 9.17) is 14.2 Å². The zero-order valence-corrected chi connectivity index (χ0v) is 20.0. The van der Waals surface area contributed by atoms with Crippen molar-refractivity contribution in [2.45, 2.75) is 46.0 Å². The maximum atomic E-state index is 5.61. The van der Waals surface area contributed by atoms with Crippen molar-refractivity contribution in [2.24, 2.45) is 10.4 Å². The fourth-order valence-electron chi connectivity index (χ4n) is 3.68. The predicted molar refractivity (Wildman–Crippen MR) is 127 cm³/mol. The number of benzene rings is 1. The highest BCUT2D eigenvalue weighted by Crippen LogP contribution is 2.40. The molecule has 0 aromatic heterocycles. The van der Waals surface area contributed by atoms with Crippen molar-refractivity contribution in [3.8, 4) is 11.5 Å². The number of methoxy groups -OCH3 is 1. The summed E-state index contributed by atoms with van der Waals surface area (Å²) in [5.74, 6) is 2.22. The van der Waals surface area contributed by atoms with Gasteiger partial charge in [0.25, 0.3) is 0 Å². The molecule has 1 aromatic rings. The van der Waals surface area contributed by atoms with E-state index in [0.29, 0.717) is 17.8 Å². The molecule has 1 aliphatic rings. The maximum Gasteiger partial charge on any atom is 0.195 e. The molecule has 1 aliphatic carbocycles. The van der Waals surface area contributed by atoms with Crippen LogP contribution in [-0.2, 0) is 4.74 Å². The van der Waals surface area contributed by atoms with Crippen molar-refractivity contribution in [3.63, 3.8) is 0 Å². The Balaban J connectivity index is 0.00000392. The minimum Gasteiger partial charge on any atom is -0.493 e. The first-order valence-corrected chi connectivity index (χ1v) is 10.0. The van der Waals surface area contributed by atoms with Crippen molar-refractivity contribution >= 4 is 35.6 Å². The molecule has 160 valence electrons. The van der Waals surface area contributed by atoms with E-state index in [1.54, 1.807) is 14.2 Å². The SMILES string of the molecule is CCOCCC1(CNC(=NC)Nc2ccc(OCC)c(OC)c2)CCCC1.I. The lowest BCUT2D eigenvalue weighted by Crippen LogP contribution is -2.40. The minimum atomic E-state index is 0. The maximum absolute atomic E-state index is 5.61. The number of ether oxygens (including phenoxy) is 3. The predicted octanol–water partition coefficient (Wildman–Crippen LogP) is 4.69. The Morgan fingerprint density at radius 2 is 1.89 bits per heavy atom. The van der Waals surface area contributed by atoms with E-state index in [1.165, 1.54) is 25.7 Å². The second-order valence-corrected chi connectivity index (χ2v) is 7.00. The Morgan fingerprint density at radius 1 is 1.14 bits per heavy atom. The molecule has 1 aromatic carbocycles. The van der Waals surface area contributed by atoms with E-state index in [2.05, 4.69) is 22.5 Å². The first-order valence-electron chi connectivity index (χ1n) is 10.0. The van der Waals surface area contributed by atoms with Crippen LogP contribution in [0.15, 0.2) is 23.2 Å².